The summed E-state index contributed by atoms with van der Waals surface area (Å²) in [5, 5.41) is 36.1. The number of carboxylic acid groups (broad SMARTS) is 3. The molecule has 9 saturated heterocycles. The number of anilines is 2. The molecular formula is C92H96F14N6O14S3. The van der Waals surface area contributed by atoms with Gasteiger partial charge in [0, 0.05) is 85.3 Å². The molecule has 18 rings (SSSR count). The molecule has 0 unspecified atom stereocenters. The SMILES string of the molecule is COc1ccc(N(Cc2ccsc2)C(=O)O[C@H]2C[N+]3(CC=Cc4ccccc4)CCC2CC3)cc1F.Cc1cc(F)ccc1N(Cc1sccc1C)C(=O)O[C@@H]1C[N+]2(CCOc3ccccc3)CCC1CC2.O=C(O[C@H]1C[N+]2(CCc3ccccc3)CCC1CC2)N(Cc1ccsc1)Cc1cc(F)c(F)cc1F.O=C([O-])C(F)(F)F.O=C([O-])C(F)(F)F.O=C([O-])C(F)(F)F. The smallest absolute Gasteiger partial charge is 0.430 e. The molecule has 0 aliphatic carbocycles. The van der Waals surface area contributed by atoms with Gasteiger partial charge in [-0.25, -0.2) is 36.3 Å². The van der Waals surface area contributed by atoms with Crippen molar-refractivity contribution in [1.29, 1.82) is 0 Å². The Morgan fingerprint density at radius 1 is 0.473 bits per heavy atom. The number of carboxylic acids is 3. The molecule has 0 radical (unpaired) electrons. The molecular weight excluding hydrogens is 1780 g/mol. The molecule has 3 aromatic heterocycles. The molecule has 3 atom stereocenters. The van der Waals surface area contributed by atoms with Gasteiger partial charge in [0.05, 0.1) is 97.0 Å². The number of thiophene rings is 3. The van der Waals surface area contributed by atoms with E-state index in [0.717, 1.165) is 176 Å². The molecule has 9 aliphatic rings. The van der Waals surface area contributed by atoms with Crippen LogP contribution in [0.4, 0.5) is 87.2 Å². The Morgan fingerprint density at radius 3 is 1.44 bits per heavy atom. The highest BCUT2D eigenvalue weighted by Crippen LogP contribution is 2.41. The van der Waals surface area contributed by atoms with E-state index in [4.69, 9.17) is 53.4 Å². The average Bonchev–Trinajstić information content (AvgIpc) is 1.41. The second-order valence-corrected chi connectivity index (χ2v) is 34.9. The zero-order chi connectivity index (χ0) is 93.4. The number of alkyl halides is 9. The van der Waals surface area contributed by atoms with Crippen LogP contribution >= 0.6 is 34.0 Å². The Labute approximate surface area is 748 Å². The summed E-state index contributed by atoms with van der Waals surface area (Å²) in [5.41, 5.74) is 7.29. The van der Waals surface area contributed by atoms with Crippen LogP contribution in [0.15, 0.2) is 191 Å². The number of ether oxygens (including phenoxy) is 5. The van der Waals surface area contributed by atoms with E-state index in [1.54, 1.807) is 45.8 Å². The van der Waals surface area contributed by atoms with Crippen LogP contribution in [0.5, 0.6) is 11.5 Å². The lowest BCUT2D eigenvalue weighted by Crippen LogP contribution is -2.65. The number of para-hydroxylation sites is 1. The van der Waals surface area contributed by atoms with Crippen LogP contribution in [-0.4, -0.2) is 184 Å². The van der Waals surface area contributed by atoms with E-state index in [1.165, 1.54) is 57.6 Å². The van der Waals surface area contributed by atoms with Crippen LogP contribution in [0.3, 0.4) is 0 Å². The van der Waals surface area contributed by atoms with E-state index in [0.29, 0.717) is 54.9 Å². The summed E-state index contributed by atoms with van der Waals surface area (Å²) in [6.45, 7) is 17.1. The minimum absolute atomic E-state index is 0.0821. The normalized spacial score (nSPS) is 21.1. The number of piperidine rings is 9. The summed E-state index contributed by atoms with van der Waals surface area (Å²) in [6, 6.07) is 47.0. The Balaban J connectivity index is 0.000000180. The first-order valence-corrected chi connectivity index (χ1v) is 44.0. The fourth-order valence-electron chi connectivity index (χ4n) is 16.6. The molecule has 20 nitrogen and oxygen atoms in total. The van der Waals surface area contributed by atoms with Crippen LogP contribution in [0.2, 0.25) is 0 Å². The molecule has 12 heterocycles. The van der Waals surface area contributed by atoms with Gasteiger partial charge in [-0.1, -0.05) is 84.9 Å². The van der Waals surface area contributed by atoms with Gasteiger partial charge in [-0.15, -0.1) is 11.3 Å². The minimum atomic E-state index is -5.19. The second-order valence-electron chi connectivity index (χ2n) is 32.3. The maximum atomic E-state index is 14.5. The highest BCUT2D eigenvalue weighted by atomic mass is 32.1. The Kier molecular flexibility index (Phi) is 35.2. The molecule has 0 N–H and O–H groups in total. The van der Waals surface area contributed by atoms with E-state index >= 15 is 0 Å². The number of nitrogens with zero attached hydrogens (tertiary/aromatic N) is 6. The summed E-state index contributed by atoms with van der Waals surface area (Å²) in [4.78, 5) is 72.6. The van der Waals surface area contributed by atoms with Crippen molar-refractivity contribution in [3.63, 3.8) is 0 Å². The summed E-state index contributed by atoms with van der Waals surface area (Å²) >= 11 is 4.68. The summed E-state index contributed by atoms with van der Waals surface area (Å²) in [5.74, 6) is -11.0. The Hall–Kier alpha value is -11.1. The lowest BCUT2D eigenvalue weighted by Gasteiger charge is -2.52. The van der Waals surface area contributed by atoms with Crippen LogP contribution in [0, 0.1) is 60.7 Å². The number of hydrogen-bond donors (Lipinski definition) is 0. The van der Waals surface area contributed by atoms with E-state index < -0.39 is 71.9 Å². The van der Waals surface area contributed by atoms with Crippen molar-refractivity contribution >= 4 is 87.6 Å². The number of hydrogen-bond acceptors (Lipinski definition) is 17. The van der Waals surface area contributed by atoms with Gasteiger partial charge in [-0.05, 0) is 147 Å². The van der Waals surface area contributed by atoms with Crippen molar-refractivity contribution in [2.45, 2.75) is 122 Å². The number of quaternary nitrogens is 3. The first-order valence-electron chi connectivity index (χ1n) is 41.2. The van der Waals surface area contributed by atoms with Gasteiger partial charge in [0.15, 0.2) is 41.5 Å². The van der Waals surface area contributed by atoms with Gasteiger partial charge < -0.3 is 66.8 Å². The zero-order valence-corrected chi connectivity index (χ0v) is 72.9. The molecule has 0 spiro atoms. The third-order valence-corrected chi connectivity index (χ3v) is 26.1. The van der Waals surface area contributed by atoms with Gasteiger partial charge in [-0.3, -0.25) is 14.7 Å². The highest BCUT2D eigenvalue weighted by molar-refractivity contribution is 7.10. The number of carbonyl (C=O) groups is 6. The van der Waals surface area contributed by atoms with Crippen molar-refractivity contribution in [3.05, 3.63) is 264 Å². The quantitative estimate of drug-likeness (QED) is 0.0237. The third kappa shape index (κ3) is 29.2. The first-order chi connectivity index (χ1) is 61.2. The van der Waals surface area contributed by atoms with Gasteiger partial charge in [0.1, 0.15) is 68.1 Å². The molecule has 0 saturated carbocycles. The lowest BCUT2D eigenvalue weighted by molar-refractivity contribution is -0.946. The number of methoxy groups -OCH3 is 1. The molecule has 9 aromatic rings. The monoisotopic (exact) mass is 1870 g/mol. The average molecular weight is 1870 g/mol. The number of aliphatic carboxylic acids is 3. The second kappa shape index (κ2) is 45.4. The van der Waals surface area contributed by atoms with Crippen molar-refractivity contribution in [2.24, 2.45) is 17.8 Å². The molecule has 37 heteroatoms. The lowest BCUT2D eigenvalue weighted by atomic mass is 9.83. The fraction of sp³-hybridized carbons (Fsp3) is 0.391. The molecule has 6 aromatic carbocycles. The number of rotatable bonds is 24. The number of amides is 3. The highest BCUT2D eigenvalue weighted by Gasteiger charge is 2.51. The first kappa shape index (κ1) is 100. The molecule has 3 amide bonds. The predicted octanol–water partition coefficient (Wildman–Crippen LogP) is 16.7. The third-order valence-electron chi connectivity index (χ3n) is 23.7. The standard InChI is InChI=1S/C29H34FN2O3S.C29H32FN2O3S.C28H30F3N2O2S.3C2HF3O2/c1-21-12-17-36-28(21)19-31(26-9-8-24(30)18-22(26)2)29(33)35-27-20-32(13-10-23(27)11-14-32)15-16-34-25-6-4-3-5-7-25;1-34-27-10-9-25(18-26(27)30)31(19-23-13-17-36-21-23)29(33)35-28-20-32(15-11-24(28)12-16-32)14-5-8-22-6-3-2-4-7-22;29-24-15-26(31)25(30)14-23(24)17-32(16-21-9-13-36-19-21)28(34)35-27-18-33(11-7-22(27)8-12-33)10-6-20-4-2-1-3-5-20;3*3-2(4,5)1(6)7/h3-9,12,17-18,23,27H,10-11,13-16,19-20H2,1-2H3;2-10,13,17-18,21,24,28H,11-12,14-16,19-20H2,1H3;1-5,9,13-15,19,22,27H,6-8,10-12,16-18H2;3*(H,6,7)/q3*+1;;;/p-3/t23?,27-,32?;24?,28-,32?;22?,27-,33?;;;/m100.../s1. The minimum Gasteiger partial charge on any atom is -0.542 e. The van der Waals surface area contributed by atoms with Gasteiger partial charge in [0.25, 0.3) is 0 Å². The summed E-state index contributed by atoms with van der Waals surface area (Å²) in [6.07, 6.45) is -5.74. The Bertz CT molecular complexity index is 5110. The molecule has 694 valence electrons. The van der Waals surface area contributed by atoms with Crippen LogP contribution in [-0.2, 0) is 61.2 Å². The number of aryl methyl sites for hydroxylation is 2. The van der Waals surface area contributed by atoms with Crippen LogP contribution in [0.1, 0.15) is 82.3 Å². The van der Waals surface area contributed by atoms with Gasteiger partial charge >= 0.3 is 36.8 Å². The van der Waals surface area contributed by atoms with E-state index in [9.17, 15) is 75.8 Å². The predicted molar refractivity (Wildman–Crippen MR) is 449 cm³/mol. The number of fused-ring (bicyclic) bond motifs is 9. The van der Waals surface area contributed by atoms with Gasteiger partial charge in [0.2, 0.25) is 0 Å². The van der Waals surface area contributed by atoms with E-state index in [1.807, 2.05) is 107 Å². The maximum Gasteiger partial charge on any atom is 0.430 e. The number of carbonyl (C=O) groups excluding carboxylic acids is 6. The molecule has 6 bridgehead atoms. The van der Waals surface area contributed by atoms with E-state index in [-0.39, 0.29) is 54.6 Å². The van der Waals surface area contributed by atoms with Crippen molar-refractivity contribution in [3.8, 4) is 11.5 Å². The Morgan fingerprint density at radius 2 is 0.953 bits per heavy atom. The summed E-state index contributed by atoms with van der Waals surface area (Å²) in [7, 11) is 1.43. The largest absolute Gasteiger partial charge is 0.542 e. The molecule has 129 heavy (non-hydrogen) atoms. The van der Waals surface area contributed by atoms with Gasteiger partial charge in [-0.2, -0.15) is 62.2 Å². The van der Waals surface area contributed by atoms with Crippen molar-refractivity contribution in [1.82, 2.24) is 4.90 Å². The van der Waals surface area contributed by atoms with Crippen molar-refractivity contribution in [2.75, 3.05) is 102 Å². The number of halogens is 14. The van der Waals surface area contributed by atoms with Crippen LogP contribution in [0.25, 0.3) is 6.08 Å². The topological polar surface area (TPSA) is 227 Å². The van der Waals surface area contributed by atoms with E-state index in [2.05, 4.69) is 54.6 Å². The van der Waals surface area contributed by atoms with Crippen molar-refractivity contribution < 1.29 is 143 Å². The number of benzene rings is 6. The molecule has 9 fully saturated rings. The zero-order valence-electron chi connectivity index (χ0n) is 70.4. The van der Waals surface area contributed by atoms with Crippen LogP contribution < -0.4 is 34.6 Å². The fourth-order valence-corrected chi connectivity index (χ4v) is 18.8. The maximum absolute atomic E-state index is 14.5. The molecule has 9 aliphatic heterocycles. The summed E-state index contributed by atoms with van der Waals surface area (Å²) < 4.78 is 197.